The van der Waals surface area contributed by atoms with Gasteiger partial charge in [0, 0.05) is 28.7 Å². The number of halogens is 2. The minimum atomic E-state index is -3.03. The standard InChI is InChI=1S/C13H13Cl2N3O3S/c1-8-7-18(2-3-22(8,19)20)13-16-12(17-21-13)9-4-10(14)6-11(15)5-9/h4-6,8H,2-3,7H2,1H3. The van der Waals surface area contributed by atoms with E-state index in [4.69, 9.17) is 27.7 Å². The van der Waals surface area contributed by atoms with Crippen molar-refractivity contribution in [3.63, 3.8) is 0 Å². The van der Waals surface area contributed by atoms with E-state index in [1.54, 1.807) is 30.0 Å². The van der Waals surface area contributed by atoms with Crippen LogP contribution in [0.15, 0.2) is 22.7 Å². The topological polar surface area (TPSA) is 76.3 Å². The van der Waals surface area contributed by atoms with Gasteiger partial charge in [0.25, 0.3) is 0 Å². The maximum atomic E-state index is 11.7. The Kier molecular flexibility index (Phi) is 4.05. The molecular formula is C13H13Cl2N3O3S. The van der Waals surface area contributed by atoms with Gasteiger partial charge in [-0.3, -0.25) is 0 Å². The Morgan fingerprint density at radius 2 is 1.95 bits per heavy atom. The van der Waals surface area contributed by atoms with Crippen LogP contribution in [0.4, 0.5) is 6.01 Å². The SMILES string of the molecule is CC1CN(c2nc(-c3cc(Cl)cc(Cl)c3)no2)CCS1(=O)=O. The number of hydrogen-bond acceptors (Lipinski definition) is 6. The molecule has 0 amide bonds. The molecule has 1 aromatic carbocycles. The van der Waals surface area contributed by atoms with Crippen molar-refractivity contribution in [1.82, 2.24) is 10.1 Å². The molecule has 3 rings (SSSR count). The summed E-state index contributed by atoms with van der Waals surface area (Å²) in [5.41, 5.74) is 0.644. The molecule has 1 atom stereocenters. The van der Waals surface area contributed by atoms with Gasteiger partial charge < -0.3 is 9.42 Å². The van der Waals surface area contributed by atoms with Crippen LogP contribution in [-0.2, 0) is 9.84 Å². The lowest BCUT2D eigenvalue weighted by Gasteiger charge is -2.28. The number of aromatic nitrogens is 2. The Hall–Kier alpha value is -1.31. The van der Waals surface area contributed by atoms with Crippen LogP contribution in [0.5, 0.6) is 0 Å². The van der Waals surface area contributed by atoms with Crippen LogP contribution < -0.4 is 4.90 Å². The number of benzene rings is 1. The molecule has 0 aliphatic carbocycles. The van der Waals surface area contributed by atoms with Crippen LogP contribution in [-0.4, -0.2) is 42.7 Å². The van der Waals surface area contributed by atoms with Gasteiger partial charge in [0.05, 0.1) is 11.0 Å². The maximum Gasteiger partial charge on any atom is 0.324 e. The Morgan fingerprint density at radius 1 is 1.27 bits per heavy atom. The highest BCUT2D eigenvalue weighted by Gasteiger charge is 2.31. The summed E-state index contributed by atoms with van der Waals surface area (Å²) >= 11 is 11.9. The van der Waals surface area contributed by atoms with Crippen molar-refractivity contribution >= 4 is 39.1 Å². The van der Waals surface area contributed by atoms with Crippen LogP contribution in [0.3, 0.4) is 0 Å². The van der Waals surface area contributed by atoms with Gasteiger partial charge in [0.2, 0.25) is 5.82 Å². The zero-order valence-electron chi connectivity index (χ0n) is 11.7. The Labute approximate surface area is 137 Å². The fourth-order valence-electron chi connectivity index (χ4n) is 2.27. The zero-order chi connectivity index (χ0) is 15.9. The van der Waals surface area contributed by atoms with E-state index in [1.807, 2.05) is 0 Å². The third kappa shape index (κ3) is 3.06. The first-order valence-corrected chi connectivity index (χ1v) is 9.09. The van der Waals surface area contributed by atoms with Crippen molar-refractivity contribution in [3.8, 4) is 11.4 Å². The maximum absolute atomic E-state index is 11.7. The molecule has 2 heterocycles. The number of anilines is 1. The Bertz CT molecular complexity index is 786. The van der Waals surface area contributed by atoms with Gasteiger partial charge in [-0.2, -0.15) is 4.98 Å². The van der Waals surface area contributed by atoms with Crippen LogP contribution in [0.2, 0.25) is 10.0 Å². The van der Waals surface area contributed by atoms with E-state index in [0.717, 1.165) is 0 Å². The van der Waals surface area contributed by atoms with E-state index in [1.165, 1.54) is 0 Å². The number of sulfone groups is 1. The van der Waals surface area contributed by atoms with Crippen LogP contribution in [0.25, 0.3) is 11.4 Å². The Morgan fingerprint density at radius 3 is 2.59 bits per heavy atom. The van der Waals surface area contributed by atoms with Gasteiger partial charge in [-0.05, 0) is 25.1 Å². The monoisotopic (exact) mass is 361 g/mol. The largest absolute Gasteiger partial charge is 0.324 e. The third-order valence-electron chi connectivity index (χ3n) is 3.54. The van der Waals surface area contributed by atoms with Crippen molar-refractivity contribution in [2.75, 3.05) is 23.7 Å². The van der Waals surface area contributed by atoms with Crippen LogP contribution in [0.1, 0.15) is 6.92 Å². The van der Waals surface area contributed by atoms with Crippen molar-refractivity contribution in [1.29, 1.82) is 0 Å². The van der Waals surface area contributed by atoms with Gasteiger partial charge in [-0.1, -0.05) is 28.4 Å². The second-order valence-electron chi connectivity index (χ2n) is 5.18. The molecule has 118 valence electrons. The molecule has 6 nitrogen and oxygen atoms in total. The predicted molar refractivity (Wildman–Crippen MR) is 85.2 cm³/mol. The minimum Gasteiger partial charge on any atom is -0.322 e. The molecule has 1 aliphatic heterocycles. The highest BCUT2D eigenvalue weighted by atomic mass is 35.5. The number of nitrogens with zero attached hydrogens (tertiary/aromatic N) is 3. The summed E-state index contributed by atoms with van der Waals surface area (Å²) in [6.07, 6.45) is 0. The summed E-state index contributed by atoms with van der Waals surface area (Å²) in [7, 11) is -3.03. The quantitative estimate of drug-likeness (QED) is 0.818. The lowest BCUT2D eigenvalue weighted by molar-refractivity contribution is 0.412. The van der Waals surface area contributed by atoms with Crippen molar-refractivity contribution in [2.24, 2.45) is 0 Å². The average molecular weight is 362 g/mol. The van der Waals surface area contributed by atoms with E-state index in [0.29, 0.717) is 40.5 Å². The molecule has 1 fully saturated rings. The molecule has 0 N–H and O–H groups in total. The summed E-state index contributed by atoms with van der Waals surface area (Å²) < 4.78 is 28.7. The molecule has 22 heavy (non-hydrogen) atoms. The normalized spacial score (nSPS) is 21.0. The van der Waals surface area contributed by atoms with Crippen LogP contribution in [0, 0.1) is 0 Å². The smallest absolute Gasteiger partial charge is 0.322 e. The second-order valence-corrected chi connectivity index (χ2v) is 8.59. The van der Waals surface area contributed by atoms with E-state index in [-0.39, 0.29) is 5.75 Å². The fraction of sp³-hybridized carbons (Fsp3) is 0.385. The predicted octanol–water partition coefficient (Wildman–Crippen LogP) is 2.67. The summed E-state index contributed by atoms with van der Waals surface area (Å²) in [6, 6.07) is 5.29. The molecule has 2 aromatic rings. The second kappa shape index (κ2) is 5.72. The Balaban J connectivity index is 1.85. The number of rotatable bonds is 2. The molecular weight excluding hydrogens is 349 g/mol. The van der Waals surface area contributed by atoms with Crippen LogP contribution >= 0.6 is 23.2 Å². The summed E-state index contributed by atoms with van der Waals surface area (Å²) in [4.78, 5) is 6.08. The highest BCUT2D eigenvalue weighted by Crippen LogP contribution is 2.27. The van der Waals surface area contributed by atoms with Crippen molar-refractivity contribution in [2.45, 2.75) is 12.2 Å². The zero-order valence-corrected chi connectivity index (χ0v) is 14.0. The first-order valence-electron chi connectivity index (χ1n) is 6.62. The van der Waals surface area contributed by atoms with Gasteiger partial charge >= 0.3 is 6.01 Å². The van der Waals surface area contributed by atoms with Gasteiger partial charge in [0.1, 0.15) is 0 Å². The van der Waals surface area contributed by atoms with E-state index in [2.05, 4.69) is 10.1 Å². The molecule has 1 unspecified atom stereocenters. The average Bonchev–Trinajstić information content (AvgIpc) is 2.90. The molecule has 0 spiro atoms. The van der Waals surface area contributed by atoms with Crippen molar-refractivity contribution < 1.29 is 12.9 Å². The molecule has 1 aliphatic rings. The highest BCUT2D eigenvalue weighted by molar-refractivity contribution is 7.92. The first-order chi connectivity index (χ1) is 10.3. The molecule has 0 saturated carbocycles. The van der Waals surface area contributed by atoms with E-state index < -0.39 is 15.1 Å². The van der Waals surface area contributed by atoms with E-state index >= 15 is 0 Å². The first kappa shape index (κ1) is 15.6. The lowest BCUT2D eigenvalue weighted by atomic mass is 10.2. The molecule has 0 bridgehead atoms. The fourth-order valence-corrected chi connectivity index (χ4v) is 4.08. The van der Waals surface area contributed by atoms with Gasteiger partial charge in [-0.15, -0.1) is 0 Å². The molecule has 9 heteroatoms. The lowest BCUT2D eigenvalue weighted by Crippen LogP contribution is -2.45. The third-order valence-corrected chi connectivity index (χ3v) is 6.11. The molecule has 1 aromatic heterocycles. The summed E-state index contributed by atoms with van der Waals surface area (Å²) in [5.74, 6) is 0.440. The van der Waals surface area contributed by atoms with Gasteiger partial charge in [0.15, 0.2) is 9.84 Å². The summed E-state index contributed by atoms with van der Waals surface area (Å²) in [5, 5.41) is 4.41. The minimum absolute atomic E-state index is 0.0782. The molecule has 1 saturated heterocycles. The van der Waals surface area contributed by atoms with Crippen molar-refractivity contribution in [3.05, 3.63) is 28.2 Å². The summed E-state index contributed by atoms with van der Waals surface area (Å²) in [6.45, 7) is 2.35. The van der Waals surface area contributed by atoms with Gasteiger partial charge in [-0.25, -0.2) is 8.42 Å². The number of hydrogen-bond donors (Lipinski definition) is 0. The molecule has 0 radical (unpaired) electrons. The van der Waals surface area contributed by atoms with E-state index in [9.17, 15) is 8.42 Å².